The third-order valence-corrected chi connectivity index (χ3v) is 3.84. The van der Waals surface area contributed by atoms with E-state index in [9.17, 15) is 14.7 Å². The Hall–Kier alpha value is -2.05. The number of carboxylic acid groups (broad SMARTS) is 1. The Morgan fingerprint density at radius 2 is 2.43 bits per heavy atom. The van der Waals surface area contributed by atoms with E-state index in [0.717, 1.165) is 25.8 Å². The zero-order valence-electron chi connectivity index (χ0n) is 12.2. The first kappa shape index (κ1) is 15.3. The van der Waals surface area contributed by atoms with E-state index in [1.807, 2.05) is 0 Å². The van der Waals surface area contributed by atoms with Gasteiger partial charge in [-0.15, -0.1) is 0 Å². The van der Waals surface area contributed by atoms with Gasteiger partial charge in [0.2, 0.25) is 0 Å². The summed E-state index contributed by atoms with van der Waals surface area (Å²) >= 11 is 0. The van der Waals surface area contributed by atoms with Gasteiger partial charge in [-0.3, -0.25) is 0 Å². The van der Waals surface area contributed by atoms with Crippen molar-refractivity contribution in [3.63, 3.8) is 0 Å². The van der Waals surface area contributed by atoms with Gasteiger partial charge in [0.25, 0.3) is 0 Å². The molecule has 0 bridgehead atoms. The third-order valence-electron chi connectivity index (χ3n) is 3.84. The molecule has 1 unspecified atom stereocenters. The van der Waals surface area contributed by atoms with Gasteiger partial charge in [0.15, 0.2) is 0 Å². The summed E-state index contributed by atoms with van der Waals surface area (Å²) in [5.74, 6) is -0.501. The summed E-state index contributed by atoms with van der Waals surface area (Å²) in [6.45, 7) is 3.55. The molecule has 0 aromatic carbocycles. The third kappa shape index (κ3) is 4.21. The fraction of sp³-hybridized carbons (Fsp3) is 0.643. The number of urea groups is 1. The molecule has 0 aliphatic carbocycles. The standard InChI is InChI=1S/C14H22N4O3/c1-2-3-10-4-5-18(8-10)14(21)17-12(13(19)20)6-11-7-15-9-16-11/h7,9-10,12H,2-6,8H2,1H3,(H,15,16)(H,17,21)(H,19,20)/t10?,12-/m1/s1. The highest BCUT2D eigenvalue weighted by Gasteiger charge is 2.29. The number of nitrogens with one attached hydrogen (secondary N) is 2. The number of carboxylic acids is 1. The predicted octanol–water partition coefficient (Wildman–Crippen LogP) is 1.24. The van der Waals surface area contributed by atoms with E-state index in [2.05, 4.69) is 22.2 Å². The molecule has 0 saturated carbocycles. The Bertz CT molecular complexity index is 475. The van der Waals surface area contributed by atoms with Crippen molar-refractivity contribution >= 4 is 12.0 Å². The number of carbonyl (C=O) groups is 2. The molecule has 7 heteroatoms. The minimum Gasteiger partial charge on any atom is -0.480 e. The average Bonchev–Trinajstić information content (AvgIpc) is 3.09. The number of aliphatic carboxylic acids is 1. The Labute approximate surface area is 123 Å². The molecule has 7 nitrogen and oxygen atoms in total. The van der Waals surface area contributed by atoms with Gasteiger partial charge in [-0.1, -0.05) is 13.3 Å². The van der Waals surface area contributed by atoms with Gasteiger partial charge >= 0.3 is 12.0 Å². The van der Waals surface area contributed by atoms with Gasteiger partial charge in [-0.05, 0) is 18.8 Å². The predicted molar refractivity (Wildman–Crippen MR) is 76.8 cm³/mol. The lowest BCUT2D eigenvalue weighted by molar-refractivity contribution is -0.139. The summed E-state index contributed by atoms with van der Waals surface area (Å²) < 4.78 is 0. The SMILES string of the molecule is CCCC1CCN(C(=O)N[C@H](Cc2cnc[nH]2)C(=O)O)C1. The van der Waals surface area contributed by atoms with Crippen LogP contribution in [0.25, 0.3) is 0 Å². The molecule has 1 fully saturated rings. The lowest BCUT2D eigenvalue weighted by Gasteiger charge is -2.21. The van der Waals surface area contributed by atoms with Crippen LogP contribution in [-0.4, -0.2) is 51.1 Å². The minimum atomic E-state index is -1.04. The van der Waals surface area contributed by atoms with Crippen molar-refractivity contribution in [1.82, 2.24) is 20.2 Å². The highest BCUT2D eigenvalue weighted by Crippen LogP contribution is 2.20. The molecule has 2 atom stereocenters. The van der Waals surface area contributed by atoms with Crippen molar-refractivity contribution in [3.05, 3.63) is 18.2 Å². The van der Waals surface area contributed by atoms with Gasteiger partial charge < -0.3 is 20.3 Å². The van der Waals surface area contributed by atoms with Crippen LogP contribution in [-0.2, 0) is 11.2 Å². The van der Waals surface area contributed by atoms with Gasteiger partial charge in [0.05, 0.1) is 6.33 Å². The summed E-state index contributed by atoms with van der Waals surface area (Å²) in [6, 6.07) is -1.23. The molecule has 21 heavy (non-hydrogen) atoms. The van der Waals surface area contributed by atoms with Crippen LogP contribution in [0.3, 0.4) is 0 Å². The van der Waals surface area contributed by atoms with Crippen LogP contribution in [0, 0.1) is 5.92 Å². The number of nitrogens with zero attached hydrogens (tertiary/aromatic N) is 2. The average molecular weight is 294 g/mol. The number of carbonyl (C=O) groups excluding carboxylic acids is 1. The largest absolute Gasteiger partial charge is 0.480 e. The first-order valence-electron chi connectivity index (χ1n) is 7.35. The number of rotatable bonds is 6. The van der Waals surface area contributed by atoms with Crippen molar-refractivity contribution in [2.75, 3.05) is 13.1 Å². The van der Waals surface area contributed by atoms with Crippen LogP contribution in [0.5, 0.6) is 0 Å². The lowest BCUT2D eigenvalue weighted by Crippen LogP contribution is -2.48. The van der Waals surface area contributed by atoms with Crippen molar-refractivity contribution in [3.8, 4) is 0 Å². The van der Waals surface area contributed by atoms with Gasteiger partial charge in [-0.25, -0.2) is 14.6 Å². The first-order valence-corrected chi connectivity index (χ1v) is 7.35. The van der Waals surface area contributed by atoms with Crippen LogP contribution in [0.4, 0.5) is 4.79 Å². The number of amides is 2. The number of aromatic nitrogens is 2. The quantitative estimate of drug-likeness (QED) is 0.735. The molecule has 3 N–H and O–H groups in total. The molecule has 0 radical (unpaired) electrons. The normalized spacial score (nSPS) is 19.5. The van der Waals surface area contributed by atoms with Crippen LogP contribution in [0.1, 0.15) is 31.9 Å². The molecule has 116 valence electrons. The summed E-state index contributed by atoms with van der Waals surface area (Å²) in [4.78, 5) is 31.9. The molecule has 1 aromatic heterocycles. The van der Waals surface area contributed by atoms with E-state index >= 15 is 0 Å². The molecule has 1 aliphatic heterocycles. The van der Waals surface area contributed by atoms with E-state index in [-0.39, 0.29) is 12.5 Å². The van der Waals surface area contributed by atoms with E-state index in [0.29, 0.717) is 18.2 Å². The fourth-order valence-corrected chi connectivity index (χ4v) is 2.72. The number of hydrogen-bond donors (Lipinski definition) is 3. The number of H-pyrrole nitrogens is 1. The molecule has 2 rings (SSSR count). The summed E-state index contributed by atoms with van der Waals surface area (Å²) in [6.07, 6.45) is 6.48. The number of imidazole rings is 1. The van der Waals surface area contributed by atoms with Gasteiger partial charge in [0, 0.05) is 31.4 Å². The van der Waals surface area contributed by atoms with Gasteiger partial charge in [-0.2, -0.15) is 0 Å². The molecule has 0 spiro atoms. The van der Waals surface area contributed by atoms with E-state index in [4.69, 9.17) is 0 Å². The Balaban J connectivity index is 1.88. The topological polar surface area (TPSA) is 98.3 Å². The van der Waals surface area contributed by atoms with Crippen molar-refractivity contribution in [1.29, 1.82) is 0 Å². The maximum absolute atomic E-state index is 12.2. The zero-order chi connectivity index (χ0) is 15.2. The van der Waals surface area contributed by atoms with Crippen LogP contribution in [0.15, 0.2) is 12.5 Å². The molecule has 1 aromatic rings. The van der Waals surface area contributed by atoms with E-state index in [1.54, 1.807) is 11.1 Å². The second-order valence-corrected chi connectivity index (χ2v) is 5.51. The van der Waals surface area contributed by atoms with Crippen molar-refractivity contribution in [2.45, 2.75) is 38.6 Å². The maximum Gasteiger partial charge on any atom is 0.326 e. The number of aromatic amines is 1. The molecule has 2 heterocycles. The second kappa shape index (κ2) is 7.10. The van der Waals surface area contributed by atoms with Crippen LogP contribution in [0.2, 0.25) is 0 Å². The summed E-state index contributed by atoms with van der Waals surface area (Å²) in [7, 11) is 0. The Morgan fingerprint density at radius 3 is 3.05 bits per heavy atom. The molecular formula is C14H22N4O3. The monoisotopic (exact) mass is 294 g/mol. The molecular weight excluding hydrogens is 272 g/mol. The van der Waals surface area contributed by atoms with Gasteiger partial charge in [0.1, 0.15) is 6.04 Å². The van der Waals surface area contributed by atoms with E-state index in [1.165, 1.54) is 6.33 Å². The maximum atomic E-state index is 12.2. The summed E-state index contributed by atoms with van der Waals surface area (Å²) in [5, 5.41) is 11.8. The first-order chi connectivity index (χ1) is 10.1. The number of hydrogen-bond acceptors (Lipinski definition) is 3. The molecule has 2 amide bonds. The Morgan fingerprint density at radius 1 is 1.62 bits per heavy atom. The number of likely N-dealkylation sites (tertiary alicyclic amines) is 1. The lowest BCUT2D eigenvalue weighted by atomic mass is 10.0. The molecule has 1 aliphatic rings. The fourth-order valence-electron chi connectivity index (χ4n) is 2.72. The second-order valence-electron chi connectivity index (χ2n) is 5.51. The Kier molecular flexibility index (Phi) is 5.19. The van der Waals surface area contributed by atoms with Crippen LogP contribution >= 0.6 is 0 Å². The summed E-state index contributed by atoms with van der Waals surface area (Å²) in [5.41, 5.74) is 0.688. The van der Waals surface area contributed by atoms with E-state index < -0.39 is 12.0 Å². The molecule has 1 saturated heterocycles. The minimum absolute atomic E-state index is 0.202. The smallest absolute Gasteiger partial charge is 0.326 e. The van der Waals surface area contributed by atoms with Crippen molar-refractivity contribution in [2.24, 2.45) is 5.92 Å². The zero-order valence-corrected chi connectivity index (χ0v) is 12.2. The highest BCUT2D eigenvalue weighted by atomic mass is 16.4. The highest BCUT2D eigenvalue weighted by molar-refractivity contribution is 5.82. The van der Waals surface area contributed by atoms with Crippen LogP contribution < -0.4 is 5.32 Å². The van der Waals surface area contributed by atoms with Crippen molar-refractivity contribution < 1.29 is 14.7 Å².